The molecule has 8 heteroatoms. The van der Waals surface area contributed by atoms with Crippen molar-refractivity contribution in [2.75, 3.05) is 0 Å². The Kier molecular flexibility index (Phi) is 4.46. The van der Waals surface area contributed by atoms with Gasteiger partial charge in [-0.1, -0.05) is 24.8 Å². The highest BCUT2D eigenvalue weighted by atomic mass is 32.2. The number of nitrogens with zero attached hydrogens (tertiary/aromatic N) is 3. The minimum Gasteiger partial charge on any atom is -0.392 e. The van der Waals surface area contributed by atoms with Gasteiger partial charge in [0.05, 0.1) is 16.4 Å². The quantitative estimate of drug-likeness (QED) is 0.674. The first-order valence-corrected chi connectivity index (χ1v) is 7.11. The van der Waals surface area contributed by atoms with Crippen LogP contribution in [0.25, 0.3) is 0 Å². The molecule has 6 nitrogen and oxygen atoms in total. The van der Waals surface area contributed by atoms with E-state index in [0.717, 1.165) is 12.2 Å². The zero-order chi connectivity index (χ0) is 13.8. The van der Waals surface area contributed by atoms with Crippen molar-refractivity contribution in [3.05, 3.63) is 39.7 Å². The average molecular weight is 297 g/mol. The van der Waals surface area contributed by atoms with E-state index >= 15 is 0 Å². The van der Waals surface area contributed by atoms with Crippen molar-refractivity contribution in [1.29, 1.82) is 0 Å². The van der Waals surface area contributed by atoms with Crippen molar-refractivity contribution >= 4 is 29.0 Å². The first-order chi connectivity index (χ1) is 9.13. The molecule has 0 saturated carbocycles. The summed E-state index contributed by atoms with van der Waals surface area (Å²) in [6.07, 6.45) is 0.739. The summed E-state index contributed by atoms with van der Waals surface area (Å²) in [5.74, 6) is 0.738. The van der Waals surface area contributed by atoms with E-state index in [0.29, 0.717) is 14.8 Å². The lowest BCUT2D eigenvalue weighted by Crippen LogP contribution is -1.93. The van der Waals surface area contributed by atoms with Crippen LogP contribution in [0, 0.1) is 10.1 Å². The van der Waals surface area contributed by atoms with E-state index in [1.165, 1.54) is 29.4 Å². The van der Waals surface area contributed by atoms with Crippen molar-refractivity contribution in [3.8, 4) is 0 Å². The maximum atomic E-state index is 11.0. The van der Waals surface area contributed by atoms with Gasteiger partial charge in [-0.05, 0) is 23.2 Å². The molecule has 0 unspecified atom stereocenters. The van der Waals surface area contributed by atoms with Crippen LogP contribution in [-0.2, 0) is 13.0 Å². The van der Waals surface area contributed by atoms with Crippen molar-refractivity contribution in [2.24, 2.45) is 0 Å². The number of aryl methyl sites for hydroxylation is 1. The molecule has 1 N–H and O–H groups in total. The number of rotatable bonds is 5. The topological polar surface area (TPSA) is 89.2 Å². The Balaban J connectivity index is 2.31. The summed E-state index contributed by atoms with van der Waals surface area (Å²) in [5.41, 5.74) is 0.493. The number of hydrogen-bond donors (Lipinski definition) is 1. The summed E-state index contributed by atoms with van der Waals surface area (Å²) in [7, 11) is 0. The monoisotopic (exact) mass is 297 g/mol. The smallest absolute Gasteiger partial charge is 0.283 e. The zero-order valence-corrected chi connectivity index (χ0v) is 11.7. The van der Waals surface area contributed by atoms with Crippen molar-refractivity contribution < 1.29 is 10.0 Å². The van der Waals surface area contributed by atoms with E-state index in [1.807, 2.05) is 6.92 Å². The Morgan fingerprint density at radius 1 is 1.53 bits per heavy atom. The largest absolute Gasteiger partial charge is 0.392 e. The molecule has 0 amide bonds. The standard InChI is InChI=1S/C11H11N3O3S2/c1-2-10-12-11(19-13-10)18-9-4-3-7(6-15)5-8(9)14(16)17/h3-5,15H,2,6H2,1H3. The van der Waals surface area contributed by atoms with Gasteiger partial charge in [0.1, 0.15) is 5.82 Å². The second kappa shape index (κ2) is 6.09. The molecule has 0 saturated heterocycles. The number of aliphatic hydroxyl groups excluding tert-OH is 1. The van der Waals surface area contributed by atoms with Gasteiger partial charge in [-0.3, -0.25) is 10.1 Å². The molecule has 0 fully saturated rings. The predicted octanol–water partition coefficient (Wildman–Crippen LogP) is 2.65. The SMILES string of the molecule is CCc1nsc(Sc2ccc(CO)cc2[N+](=O)[O-])n1. The Bertz CT molecular complexity index is 601. The molecule has 1 heterocycles. The third-order valence-electron chi connectivity index (χ3n) is 2.37. The van der Waals surface area contributed by atoms with Gasteiger partial charge >= 0.3 is 0 Å². The van der Waals surface area contributed by atoms with Gasteiger partial charge in [0.25, 0.3) is 5.69 Å². The minimum atomic E-state index is -0.455. The Morgan fingerprint density at radius 2 is 2.32 bits per heavy atom. The van der Waals surface area contributed by atoms with Crippen LogP contribution in [0.3, 0.4) is 0 Å². The van der Waals surface area contributed by atoms with Gasteiger partial charge in [0.2, 0.25) is 0 Å². The molecule has 19 heavy (non-hydrogen) atoms. The normalized spacial score (nSPS) is 10.6. The number of hydrogen-bond acceptors (Lipinski definition) is 7. The molecule has 0 bridgehead atoms. The second-order valence-corrected chi connectivity index (χ2v) is 5.69. The molecule has 0 aliphatic rings. The molecular formula is C11H11N3O3S2. The minimum absolute atomic E-state index is 0.0233. The number of nitro benzene ring substituents is 1. The lowest BCUT2D eigenvalue weighted by molar-refractivity contribution is -0.387. The van der Waals surface area contributed by atoms with E-state index in [-0.39, 0.29) is 12.3 Å². The van der Waals surface area contributed by atoms with Crippen LogP contribution in [-0.4, -0.2) is 19.4 Å². The van der Waals surface area contributed by atoms with E-state index in [4.69, 9.17) is 5.11 Å². The summed E-state index contributed by atoms with van der Waals surface area (Å²) >= 11 is 2.45. The highest BCUT2D eigenvalue weighted by Gasteiger charge is 2.17. The molecule has 0 aliphatic carbocycles. The molecule has 0 aliphatic heterocycles. The molecular weight excluding hydrogens is 286 g/mol. The maximum absolute atomic E-state index is 11.0. The van der Waals surface area contributed by atoms with Gasteiger partial charge < -0.3 is 5.11 Å². The van der Waals surface area contributed by atoms with E-state index < -0.39 is 4.92 Å². The highest BCUT2D eigenvalue weighted by molar-refractivity contribution is 8.01. The molecule has 2 rings (SSSR count). The van der Waals surface area contributed by atoms with Gasteiger partial charge in [-0.2, -0.15) is 4.37 Å². The van der Waals surface area contributed by atoms with Crippen LogP contribution in [0.4, 0.5) is 5.69 Å². The van der Waals surface area contributed by atoms with E-state index in [1.54, 1.807) is 12.1 Å². The maximum Gasteiger partial charge on any atom is 0.283 e. The fraction of sp³-hybridized carbons (Fsp3) is 0.273. The molecule has 0 radical (unpaired) electrons. The van der Waals surface area contributed by atoms with Crippen LogP contribution in [0.15, 0.2) is 27.4 Å². The zero-order valence-electron chi connectivity index (χ0n) is 10.1. The van der Waals surface area contributed by atoms with Gasteiger partial charge in [-0.15, -0.1) is 0 Å². The first-order valence-electron chi connectivity index (χ1n) is 5.52. The summed E-state index contributed by atoms with van der Waals surface area (Å²) in [6.45, 7) is 1.74. The lowest BCUT2D eigenvalue weighted by Gasteiger charge is -2.02. The number of nitro groups is 1. The van der Waals surface area contributed by atoms with E-state index in [9.17, 15) is 10.1 Å². The third-order valence-corrected chi connectivity index (χ3v) is 4.22. The number of benzene rings is 1. The molecule has 1 aromatic heterocycles. The predicted molar refractivity (Wildman–Crippen MR) is 72.4 cm³/mol. The summed E-state index contributed by atoms with van der Waals surface area (Å²) < 4.78 is 4.82. The highest BCUT2D eigenvalue weighted by Crippen LogP contribution is 2.36. The Labute approximate surface area is 117 Å². The van der Waals surface area contributed by atoms with Gasteiger partial charge in [-0.25, -0.2) is 4.98 Å². The molecule has 1 aromatic carbocycles. The molecule has 0 atom stereocenters. The van der Waals surface area contributed by atoms with Crippen LogP contribution >= 0.6 is 23.3 Å². The number of aromatic nitrogens is 2. The van der Waals surface area contributed by atoms with Crippen molar-refractivity contribution in [2.45, 2.75) is 29.2 Å². The summed E-state index contributed by atoms with van der Waals surface area (Å²) in [5, 5.41) is 20.0. The molecule has 2 aromatic rings. The van der Waals surface area contributed by atoms with Crippen molar-refractivity contribution in [3.63, 3.8) is 0 Å². The first kappa shape index (κ1) is 13.9. The molecule has 100 valence electrons. The van der Waals surface area contributed by atoms with Gasteiger partial charge in [0.15, 0.2) is 4.34 Å². The van der Waals surface area contributed by atoms with Crippen LogP contribution in [0.1, 0.15) is 18.3 Å². The number of aliphatic hydroxyl groups is 1. The van der Waals surface area contributed by atoms with Crippen molar-refractivity contribution in [1.82, 2.24) is 9.36 Å². The average Bonchev–Trinajstić information content (AvgIpc) is 2.86. The van der Waals surface area contributed by atoms with Crippen LogP contribution < -0.4 is 0 Å². The summed E-state index contributed by atoms with van der Waals surface area (Å²) in [6, 6.07) is 4.67. The second-order valence-electron chi connectivity index (χ2n) is 3.65. The van der Waals surface area contributed by atoms with Crippen LogP contribution in [0.2, 0.25) is 0 Å². The Morgan fingerprint density at radius 3 is 2.89 bits per heavy atom. The fourth-order valence-corrected chi connectivity index (χ4v) is 3.15. The lowest BCUT2D eigenvalue weighted by atomic mass is 10.2. The third kappa shape index (κ3) is 3.28. The Hall–Kier alpha value is -1.51. The van der Waals surface area contributed by atoms with Gasteiger partial charge in [0, 0.05) is 12.5 Å². The summed E-state index contributed by atoms with van der Waals surface area (Å²) in [4.78, 5) is 15.3. The van der Waals surface area contributed by atoms with E-state index in [2.05, 4.69) is 9.36 Å². The molecule has 0 spiro atoms. The van der Waals surface area contributed by atoms with Crippen LogP contribution in [0.5, 0.6) is 0 Å². The fourth-order valence-electron chi connectivity index (χ4n) is 1.41.